The normalized spacial score (nSPS) is 23.2. The number of nitro benzene ring substituents is 1. The fraction of sp³-hybridized carbons (Fsp3) is 0.333. The number of pyridine rings is 1. The highest BCUT2D eigenvalue weighted by Gasteiger charge is 2.54. The molecule has 0 amide bonds. The molecule has 0 radical (unpaired) electrons. The number of benzene rings is 1. The van der Waals surface area contributed by atoms with Gasteiger partial charge in [0.05, 0.1) is 11.0 Å². The molecule has 2 atom stereocenters. The van der Waals surface area contributed by atoms with E-state index < -0.39 is 39.3 Å². The Bertz CT molecular complexity index is 1010. The minimum Gasteiger partial charge on any atom is -0.484 e. The number of rotatable bonds is 3. The average Bonchev–Trinajstić information content (AvgIpc) is 2.56. The van der Waals surface area contributed by atoms with Crippen LogP contribution in [0.2, 0.25) is 0 Å². The Labute approximate surface area is 153 Å². The molecule has 0 fully saturated rings. The number of hydrogen-bond acceptors (Lipinski definition) is 6. The molecular weight excluding hydrogens is 356 g/mol. The molecule has 2 N–H and O–H groups in total. The van der Waals surface area contributed by atoms with Crippen LogP contribution in [0.15, 0.2) is 41.3 Å². The Kier molecular flexibility index (Phi) is 4.07. The topological polar surface area (TPSA) is 132 Å². The SMILES string of the molecule is CC1(C)Oc2ccc([N+](=O)[O-])cc2C(n2cccc(C(=O)O)c2=O)C1(C)O. The van der Waals surface area contributed by atoms with Crippen molar-refractivity contribution in [2.24, 2.45) is 0 Å². The maximum Gasteiger partial charge on any atom is 0.341 e. The van der Waals surface area contributed by atoms with Crippen LogP contribution in [-0.4, -0.2) is 36.9 Å². The summed E-state index contributed by atoms with van der Waals surface area (Å²) in [5.74, 6) is -1.13. The van der Waals surface area contributed by atoms with Crippen molar-refractivity contribution in [3.05, 3.63) is 68.1 Å². The van der Waals surface area contributed by atoms with Crippen LogP contribution in [0.5, 0.6) is 5.75 Å². The maximum atomic E-state index is 12.7. The molecule has 1 aromatic carbocycles. The second-order valence-corrected chi connectivity index (χ2v) is 7.08. The Morgan fingerprint density at radius 3 is 2.56 bits per heavy atom. The summed E-state index contributed by atoms with van der Waals surface area (Å²) in [6.45, 7) is 4.69. The first-order valence-electron chi connectivity index (χ1n) is 8.11. The van der Waals surface area contributed by atoms with Crippen LogP contribution in [0.4, 0.5) is 5.69 Å². The molecule has 2 heterocycles. The summed E-state index contributed by atoms with van der Waals surface area (Å²) in [5.41, 5.74) is -4.16. The van der Waals surface area contributed by atoms with E-state index in [1.165, 1.54) is 37.4 Å². The molecule has 1 aliphatic heterocycles. The Morgan fingerprint density at radius 2 is 1.96 bits per heavy atom. The summed E-state index contributed by atoms with van der Waals surface area (Å²) in [6, 6.07) is 5.34. The van der Waals surface area contributed by atoms with Gasteiger partial charge in [-0.3, -0.25) is 14.9 Å². The third kappa shape index (κ3) is 2.76. The maximum absolute atomic E-state index is 12.7. The van der Waals surface area contributed by atoms with Gasteiger partial charge in [0.25, 0.3) is 11.2 Å². The lowest BCUT2D eigenvalue weighted by Gasteiger charge is -2.49. The first-order valence-corrected chi connectivity index (χ1v) is 8.11. The van der Waals surface area contributed by atoms with Crippen LogP contribution in [0, 0.1) is 10.1 Å². The summed E-state index contributed by atoms with van der Waals surface area (Å²) < 4.78 is 6.91. The van der Waals surface area contributed by atoms with Gasteiger partial charge >= 0.3 is 5.97 Å². The quantitative estimate of drug-likeness (QED) is 0.620. The minimum absolute atomic E-state index is 0.221. The van der Waals surface area contributed by atoms with Gasteiger partial charge in [0.2, 0.25) is 0 Å². The summed E-state index contributed by atoms with van der Waals surface area (Å²) >= 11 is 0. The van der Waals surface area contributed by atoms with Crippen molar-refractivity contribution in [3.63, 3.8) is 0 Å². The number of aromatic nitrogens is 1. The van der Waals surface area contributed by atoms with Gasteiger partial charge in [-0.25, -0.2) is 4.79 Å². The third-order valence-corrected chi connectivity index (χ3v) is 5.10. The summed E-state index contributed by atoms with van der Waals surface area (Å²) in [4.78, 5) is 34.7. The second-order valence-electron chi connectivity index (χ2n) is 7.08. The van der Waals surface area contributed by atoms with Gasteiger partial charge < -0.3 is 19.5 Å². The zero-order valence-electron chi connectivity index (χ0n) is 14.9. The van der Waals surface area contributed by atoms with Gasteiger partial charge in [0.15, 0.2) is 0 Å². The Morgan fingerprint density at radius 1 is 1.30 bits per heavy atom. The van der Waals surface area contributed by atoms with E-state index >= 15 is 0 Å². The van der Waals surface area contributed by atoms with Crippen molar-refractivity contribution in [2.45, 2.75) is 38.0 Å². The molecule has 2 unspecified atom stereocenters. The van der Waals surface area contributed by atoms with Crippen molar-refractivity contribution in [1.82, 2.24) is 4.57 Å². The third-order valence-electron chi connectivity index (χ3n) is 5.10. The van der Waals surface area contributed by atoms with Crippen molar-refractivity contribution in [1.29, 1.82) is 0 Å². The molecule has 0 saturated carbocycles. The van der Waals surface area contributed by atoms with Gasteiger partial charge in [-0.05, 0) is 39.0 Å². The van der Waals surface area contributed by atoms with E-state index in [4.69, 9.17) is 4.74 Å². The number of nitrogens with zero attached hydrogens (tertiary/aromatic N) is 2. The van der Waals surface area contributed by atoms with Crippen LogP contribution in [0.1, 0.15) is 42.7 Å². The first kappa shape index (κ1) is 18.6. The average molecular weight is 374 g/mol. The lowest BCUT2D eigenvalue weighted by Crippen LogP contribution is -2.61. The van der Waals surface area contributed by atoms with Crippen LogP contribution < -0.4 is 10.3 Å². The van der Waals surface area contributed by atoms with Gasteiger partial charge in [0, 0.05) is 23.9 Å². The van der Waals surface area contributed by atoms with Crippen LogP contribution in [0.25, 0.3) is 0 Å². The predicted octanol–water partition coefficient (Wildman–Crippen LogP) is 1.97. The molecule has 0 saturated heterocycles. The number of aromatic carboxylic acids is 1. The number of aliphatic hydroxyl groups is 1. The van der Waals surface area contributed by atoms with E-state index in [0.717, 1.165) is 10.6 Å². The first-order chi connectivity index (χ1) is 12.5. The van der Waals surface area contributed by atoms with Crippen molar-refractivity contribution < 1.29 is 24.7 Å². The molecule has 0 bridgehead atoms. The Balaban J connectivity index is 2.35. The molecule has 1 aromatic heterocycles. The van der Waals surface area contributed by atoms with Crippen molar-refractivity contribution in [3.8, 4) is 5.75 Å². The number of carboxylic acids is 1. The van der Waals surface area contributed by atoms with Crippen molar-refractivity contribution >= 4 is 11.7 Å². The number of carbonyl (C=O) groups is 1. The van der Waals surface area contributed by atoms with Gasteiger partial charge in [-0.1, -0.05) is 0 Å². The zero-order chi connectivity index (χ0) is 20.1. The predicted molar refractivity (Wildman–Crippen MR) is 94.2 cm³/mol. The Hall–Kier alpha value is -3.20. The number of carboxylic acid groups (broad SMARTS) is 1. The summed E-state index contributed by atoms with van der Waals surface area (Å²) in [6.07, 6.45) is 1.35. The minimum atomic E-state index is -1.68. The molecule has 2 aromatic rings. The number of ether oxygens (including phenoxy) is 1. The molecule has 1 aliphatic rings. The summed E-state index contributed by atoms with van der Waals surface area (Å²) in [5, 5.41) is 31.7. The van der Waals surface area contributed by atoms with Gasteiger partial charge in [0.1, 0.15) is 22.5 Å². The smallest absolute Gasteiger partial charge is 0.341 e. The molecule has 9 nitrogen and oxygen atoms in total. The molecule has 142 valence electrons. The highest BCUT2D eigenvalue weighted by molar-refractivity contribution is 5.87. The van der Waals surface area contributed by atoms with Crippen LogP contribution >= 0.6 is 0 Å². The molecular formula is C18H18N2O7. The second kappa shape index (κ2) is 5.92. The fourth-order valence-electron chi connectivity index (χ4n) is 3.26. The fourth-order valence-corrected chi connectivity index (χ4v) is 3.26. The number of fused-ring (bicyclic) bond motifs is 1. The molecule has 9 heteroatoms. The molecule has 0 aliphatic carbocycles. The van der Waals surface area contributed by atoms with E-state index in [1.54, 1.807) is 13.8 Å². The van der Waals surface area contributed by atoms with Crippen molar-refractivity contribution in [2.75, 3.05) is 0 Å². The van der Waals surface area contributed by atoms with Gasteiger partial charge in [-0.2, -0.15) is 0 Å². The largest absolute Gasteiger partial charge is 0.484 e. The zero-order valence-corrected chi connectivity index (χ0v) is 14.9. The molecule has 0 spiro atoms. The van der Waals surface area contributed by atoms with Crippen LogP contribution in [0.3, 0.4) is 0 Å². The van der Waals surface area contributed by atoms with Crippen LogP contribution in [-0.2, 0) is 0 Å². The number of hydrogen-bond donors (Lipinski definition) is 2. The monoisotopic (exact) mass is 374 g/mol. The van der Waals surface area contributed by atoms with E-state index in [0.29, 0.717) is 0 Å². The van der Waals surface area contributed by atoms with Gasteiger partial charge in [-0.15, -0.1) is 0 Å². The number of non-ortho nitro benzene ring substituents is 1. The molecule has 3 rings (SSSR count). The van der Waals surface area contributed by atoms with E-state index in [1.807, 2.05) is 0 Å². The molecule has 27 heavy (non-hydrogen) atoms. The standard InChI is InChI=1S/C18H18N2O7/c1-17(2)18(3,24)14(19-8-4-5-11(15(19)21)16(22)23)12-9-10(20(25)26)6-7-13(12)27-17/h4-9,14,24H,1-3H3,(H,22,23). The highest BCUT2D eigenvalue weighted by atomic mass is 16.6. The summed E-state index contributed by atoms with van der Waals surface area (Å²) in [7, 11) is 0. The number of nitro groups is 1. The lowest BCUT2D eigenvalue weighted by molar-refractivity contribution is -0.385. The highest BCUT2D eigenvalue weighted by Crippen LogP contribution is 2.48. The van der Waals surface area contributed by atoms with E-state index in [9.17, 15) is 29.9 Å². The van der Waals surface area contributed by atoms with E-state index in [-0.39, 0.29) is 17.0 Å². The van der Waals surface area contributed by atoms with E-state index in [2.05, 4.69) is 0 Å². The lowest BCUT2D eigenvalue weighted by atomic mass is 9.75.